The van der Waals surface area contributed by atoms with Crippen molar-refractivity contribution in [1.82, 2.24) is 4.90 Å². The molecule has 1 nitrogen and oxygen atoms in total. The lowest BCUT2D eigenvalue weighted by atomic mass is 9.91. The van der Waals surface area contributed by atoms with Gasteiger partial charge in [0.25, 0.3) is 0 Å². The zero-order valence-corrected chi connectivity index (χ0v) is 19.3. The molecule has 0 heterocycles. The minimum Gasteiger partial charge on any atom is -0.300 e. The van der Waals surface area contributed by atoms with Crippen LogP contribution in [0.2, 0.25) is 0 Å². The van der Waals surface area contributed by atoms with Gasteiger partial charge in [-0.15, -0.1) is 0 Å². The van der Waals surface area contributed by atoms with Crippen molar-refractivity contribution in [3.8, 4) is 0 Å². The molecule has 0 amide bonds. The van der Waals surface area contributed by atoms with E-state index in [1.165, 1.54) is 6.08 Å². The summed E-state index contributed by atoms with van der Waals surface area (Å²) in [5, 5.41) is 0. The van der Waals surface area contributed by atoms with Gasteiger partial charge in [0.1, 0.15) is 0 Å². The van der Waals surface area contributed by atoms with Crippen molar-refractivity contribution in [2.45, 2.75) is 53.3 Å². The maximum atomic E-state index is 13.8. The van der Waals surface area contributed by atoms with E-state index in [2.05, 4.69) is 34.7 Å². The first-order valence-corrected chi connectivity index (χ1v) is 10.7. The first kappa shape index (κ1) is 23.7. The van der Waals surface area contributed by atoms with E-state index in [1.807, 2.05) is 39.0 Å². The molecule has 0 aliphatic rings. The van der Waals surface area contributed by atoms with E-state index in [0.717, 1.165) is 51.9 Å². The van der Waals surface area contributed by atoms with Crippen LogP contribution in [0.1, 0.15) is 53.1 Å². The Morgan fingerprint density at radius 2 is 1.59 bits per heavy atom. The third-order valence-corrected chi connectivity index (χ3v) is 6.25. The van der Waals surface area contributed by atoms with Gasteiger partial charge in [0.15, 0.2) is 0 Å². The summed E-state index contributed by atoms with van der Waals surface area (Å²) in [7, 11) is 0. The maximum absolute atomic E-state index is 13.8. The minimum absolute atomic E-state index is 0.284. The Bertz CT molecular complexity index is 844. The molecule has 0 radical (unpaired) electrons. The minimum atomic E-state index is -4.34. The molecule has 0 fully saturated rings. The molecule has 0 N–H and O–H groups in total. The molecule has 5 heteroatoms. The highest BCUT2D eigenvalue weighted by Gasteiger charge is 2.39. The molecule has 0 aliphatic carbocycles. The van der Waals surface area contributed by atoms with Gasteiger partial charge in [-0.2, -0.15) is 13.2 Å². The van der Waals surface area contributed by atoms with Crippen molar-refractivity contribution in [2.24, 2.45) is 0 Å². The van der Waals surface area contributed by atoms with Gasteiger partial charge in [0.2, 0.25) is 0 Å². The van der Waals surface area contributed by atoms with E-state index in [4.69, 9.17) is 0 Å². The van der Waals surface area contributed by atoms with Gasteiger partial charge in [-0.3, -0.25) is 4.90 Å². The Kier molecular flexibility index (Phi) is 8.12. The van der Waals surface area contributed by atoms with Gasteiger partial charge in [0, 0.05) is 11.0 Å². The van der Waals surface area contributed by atoms with Gasteiger partial charge in [0.05, 0.1) is 5.92 Å². The summed E-state index contributed by atoms with van der Waals surface area (Å²) in [6, 6.07) is 9.03. The summed E-state index contributed by atoms with van der Waals surface area (Å²) in [6.45, 7) is 12.6. The topological polar surface area (TPSA) is 3.24 Å². The molecule has 0 aromatic heterocycles. The molecule has 158 valence electrons. The first-order valence-electron chi connectivity index (χ1n) is 9.90. The van der Waals surface area contributed by atoms with Gasteiger partial charge in [-0.05, 0) is 73.3 Å². The highest BCUT2D eigenvalue weighted by atomic mass is 79.9. The molecule has 2 aromatic carbocycles. The number of allylic oxidation sites excluding steroid dienone is 1. The van der Waals surface area contributed by atoms with Gasteiger partial charge < -0.3 is 0 Å². The zero-order chi connectivity index (χ0) is 21.8. The van der Waals surface area contributed by atoms with Crippen molar-refractivity contribution in [3.63, 3.8) is 0 Å². The SMILES string of the molecule is CCN(CC)Cc1ccc(/C=C/C(c2cc(C)c(C)c(C)c2)C(F)(F)F)cc1Br. The Hall–Kier alpha value is -1.59. The monoisotopic (exact) mass is 467 g/mol. The fraction of sp³-hybridized carbons (Fsp3) is 0.417. The van der Waals surface area contributed by atoms with Crippen LogP contribution in [0.25, 0.3) is 6.08 Å². The second-order valence-corrected chi connectivity index (χ2v) is 8.32. The molecule has 2 aromatic rings. The molecule has 1 atom stereocenters. The molecule has 0 aliphatic heterocycles. The van der Waals surface area contributed by atoms with Crippen LogP contribution in [0.15, 0.2) is 40.9 Å². The molecule has 0 saturated heterocycles. The lowest BCUT2D eigenvalue weighted by Crippen LogP contribution is -2.22. The summed E-state index contributed by atoms with van der Waals surface area (Å²) >= 11 is 3.57. The molecule has 0 saturated carbocycles. The van der Waals surface area contributed by atoms with Crippen molar-refractivity contribution in [2.75, 3.05) is 13.1 Å². The summed E-state index contributed by atoms with van der Waals surface area (Å²) in [5.74, 6) is -1.63. The zero-order valence-electron chi connectivity index (χ0n) is 17.7. The molecule has 0 spiro atoms. The lowest BCUT2D eigenvalue weighted by molar-refractivity contribution is -0.139. The average molecular weight is 468 g/mol. The number of hydrogen-bond donors (Lipinski definition) is 0. The summed E-state index contributed by atoms with van der Waals surface area (Å²) in [5.41, 5.74) is 4.95. The van der Waals surface area contributed by atoms with E-state index in [9.17, 15) is 13.2 Å². The molecule has 0 bridgehead atoms. The molecular formula is C24H29BrF3N. The predicted octanol–water partition coefficient (Wildman–Crippen LogP) is 7.58. The Labute approximate surface area is 180 Å². The largest absolute Gasteiger partial charge is 0.399 e. The van der Waals surface area contributed by atoms with Crippen molar-refractivity contribution in [1.29, 1.82) is 0 Å². The second kappa shape index (κ2) is 9.94. The molecule has 29 heavy (non-hydrogen) atoms. The Morgan fingerprint density at radius 3 is 2.07 bits per heavy atom. The Morgan fingerprint density at radius 1 is 1.00 bits per heavy atom. The van der Waals surface area contributed by atoms with E-state index in [0.29, 0.717) is 0 Å². The summed E-state index contributed by atoms with van der Waals surface area (Å²) in [4.78, 5) is 2.29. The van der Waals surface area contributed by atoms with Crippen molar-refractivity contribution < 1.29 is 13.2 Å². The number of nitrogens with zero attached hydrogens (tertiary/aromatic N) is 1. The second-order valence-electron chi connectivity index (χ2n) is 7.47. The first-order chi connectivity index (χ1) is 13.6. The normalized spacial score (nSPS) is 13.4. The third-order valence-electron chi connectivity index (χ3n) is 5.51. The van der Waals surface area contributed by atoms with Crippen LogP contribution in [-0.2, 0) is 6.54 Å². The highest BCUT2D eigenvalue weighted by Crippen LogP contribution is 2.38. The van der Waals surface area contributed by atoms with Crippen LogP contribution in [0.3, 0.4) is 0 Å². The smallest absolute Gasteiger partial charge is 0.300 e. The summed E-state index contributed by atoms with van der Waals surface area (Å²) < 4.78 is 42.2. The standard InChI is InChI=1S/C24H29BrF3N/c1-6-29(7-2)15-20-10-8-19(14-23(20)25)9-11-22(24(26,27)28)21-12-16(3)18(5)17(4)13-21/h8-14,22H,6-7,15H2,1-5H3/b11-9+. The highest BCUT2D eigenvalue weighted by molar-refractivity contribution is 9.10. The fourth-order valence-electron chi connectivity index (χ4n) is 3.35. The number of benzene rings is 2. The van der Waals surface area contributed by atoms with Gasteiger partial charge >= 0.3 is 6.18 Å². The van der Waals surface area contributed by atoms with Gasteiger partial charge in [-0.1, -0.05) is 66.2 Å². The van der Waals surface area contributed by atoms with Crippen LogP contribution < -0.4 is 0 Å². The third kappa shape index (κ3) is 6.19. The number of alkyl halides is 3. The van der Waals surface area contributed by atoms with Crippen molar-refractivity contribution >= 4 is 22.0 Å². The molecule has 2 rings (SSSR count). The van der Waals surface area contributed by atoms with Crippen LogP contribution in [-0.4, -0.2) is 24.2 Å². The van der Waals surface area contributed by atoms with Crippen LogP contribution in [0.4, 0.5) is 13.2 Å². The predicted molar refractivity (Wildman–Crippen MR) is 119 cm³/mol. The van der Waals surface area contributed by atoms with Crippen LogP contribution in [0.5, 0.6) is 0 Å². The van der Waals surface area contributed by atoms with Crippen LogP contribution >= 0.6 is 15.9 Å². The summed E-state index contributed by atoms with van der Waals surface area (Å²) in [6.07, 6.45) is -1.52. The molecular weight excluding hydrogens is 439 g/mol. The maximum Gasteiger partial charge on any atom is 0.399 e. The quantitative estimate of drug-likeness (QED) is 0.405. The fourth-order valence-corrected chi connectivity index (χ4v) is 3.87. The van der Waals surface area contributed by atoms with E-state index >= 15 is 0 Å². The van der Waals surface area contributed by atoms with E-state index in [-0.39, 0.29) is 5.56 Å². The number of halogens is 4. The number of rotatable bonds is 7. The average Bonchev–Trinajstić information content (AvgIpc) is 2.64. The van der Waals surface area contributed by atoms with Gasteiger partial charge in [-0.25, -0.2) is 0 Å². The number of hydrogen-bond acceptors (Lipinski definition) is 1. The van der Waals surface area contributed by atoms with E-state index in [1.54, 1.807) is 18.2 Å². The number of aryl methyl sites for hydroxylation is 2. The molecule has 1 unspecified atom stereocenters. The lowest BCUT2D eigenvalue weighted by Gasteiger charge is -2.20. The van der Waals surface area contributed by atoms with Crippen molar-refractivity contribution in [3.05, 3.63) is 74.3 Å². The Balaban J connectivity index is 2.32. The van der Waals surface area contributed by atoms with Crippen LogP contribution in [0, 0.1) is 20.8 Å². The van der Waals surface area contributed by atoms with E-state index < -0.39 is 12.1 Å².